The summed E-state index contributed by atoms with van der Waals surface area (Å²) in [5.74, 6) is 1.51. The van der Waals surface area contributed by atoms with E-state index in [0.29, 0.717) is 11.8 Å². The van der Waals surface area contributed by atoms with E-state index in [1.54, 1.807) is 0 Å². The number of para-hydroxylation sites is 4. The predicted octanol–water partition coefficient (Wildman–Crippen LogP) is 24.4. The fraction of sp³-hybridized carbons (Fsp3) is 0.231. The number of furan rings is 2. The molecule has 2 heterocycles. The van der Waals surface area contributed by atoms with Crippen molar-refractivity contribution in [2.45, 2.75) is 119 Å². The first kappa shape index (κ1) is 51.5. The van der Waals surface area contributed by atoms with Gasteiger partial charge in [0.25, 0.3) is 0 Å². The van der Waals surface area contributed by atoms with Crippen molar-refractivity contribution in [3.63, 3.8) is 0 Å². The van der Waals surface area contributed by atoms with Crippen molar-refractivity contribution in [2.75, 3.05) is 9.80 Å². The van der Waals surface area contributed by atoms with E-state index in [-0.39, 0.29) is 23.7 Å². The van der Waals surface area contributed by atoms with Crippen LogP contribution < -0.4 is 9.80 Å². The highest BCUT2D eigenvalue weighted by atomic mass is 16.3. The smallest absolute Gasteiger partial charge is 0.159 e. The zero-order chi connectivity index (χ0) is 56.6. The molecule has 406 valence electrons. The fourth-order valence-corrected chi connectivity index (χ4v) is 13.7. The molecule has 0 saturated carbocycles. The van der Waals surface area contributed by atoms with E-state index in [2.05, 4.69) is 275 Å². The van der Waals surface area contributed by atoms with Crippen molar-refractivity contribution in [1.82, 2.24) is 0 Å². The first-order chi connectivity index (χ1) is 39.7. The van der Waals surface area contributed by atoms with Gasteiger partial charge in [-0.25, -0.2) is 0 Å². The normalized spacial score (nSPS) is 12.6. The molecule has 0 spiro atoms. The van der Waals surface area contributed by atoms with Gasteiger partial charge in [0, 0.05) is 43.1 Å². The molecule has 12 aromatic carbocycles. The lowest BCUT2D eigenvalue weighted by atomic mass is 9.83. The third-order valence-corrected chi connectivity index (χ3v) is 18.0. The molecule has 0 amide bonds. The third kappa shape index (κ3) is 7.92. The number of rotatable bonds is 12. The molecule has 82 heavy (non-hydrogen) atoms. The average molecular weight is 1070 g/mol. The molecule has 0 fully saturated rings. The topological polar surface area (TPSA) is 32.8 Å². The summed E-state index contributed by atoms with van der Waals surface area (Å²) in [5, 5.41) is 16.9. The molecule has 0 aliphatic carbocycles. The van der Waals surface area contributed by atoms with Crippen LogP contribution in [0.15, 0.2) is 191 Å². The van der Waals surface area contributed by atoms with Gasteiger partial charge in [0.2, 0.25) is 0 Å². The van der Waals surface area contributed by atoms with Crippen molar-refractivity contribution in [2.24, 2.45) is 0 Å². The van der Waals surface area contributed by atoms with E-state index in [9.17, 15) is 0 Å². The van der Waals surface area contributed by atoms with Crippen molar-refractivity contribution >= 4 is 132 Å². The molecule has 4 nitrogen and oxygen atoms in total. The number of nitrogens with zero attached hydrogens (tertiary/aromatic N) is 2. The van der Waals surface area contributed by atoms with Crippen LogP contribution in [0.1, 0.15) is 152 Å². The van der Waals surface area contributed by atoms with Crippen LogP contribution in [0.5, 0.6) is 0 Å². The van der Waals surface area contributed by atoms with Gasteiger partial charge in [0.05, 0.1) is 34.1 Å². The average Bonchev–Trinajstić information content (AvgIpc) is 4.11. The number of hydrogen-bond acceptors (Lipinski definition) is 4. The van der Waals surface area contributed by atoms with Gasteiger partial charge in [-0.3, -0.25) is 0 Å². The molecular weight excluding hydrogens is 997 g/mol. The van der Waals surface area contributed by atoms with E-state index >= 15 is 0 Å². The molecule has 0 N–H and O–H groups in total. The number of benzene rings is 12. The van der Waals surface area contributed by atoms with Crippen LogP contribution in [-0.4, -0.2) is 0 Å². The van der Waals surface area contributed by atoms with Gasteiger partial charge in [-0.05, 0) is 150 Å². The maximum atomic E-state index is 7.13. The molecule has 0 bridgehead atoms. The molecule has 0 radical (unpaired) electrons. The van der Waals surface area contributed by atoms with Crippen LogP contribution in [0, 0.1) is 0 Å². The highest BCUT2D eigenvalue weighted by molar-refractivity contribution is 6.30. The Balaban J connectivity index is 1.17. The summed E-state index contributed by atoms with van der Waals surface area (Å²) >= 11 is 0. The van der Waals surface area contributed by atoms with E-state index in [0.717, 1.165) is 66.6 Å². The predicted molar refractivity (Wildman–Crippen MR) is 354 cm³/mol. The van der Waals surface area contributed by atoms with Crippen LogP contribution in [0.3, 0.4) is 0 Å². The maximum absolute atomic E-state index is 7.13. The van der Waals surface area contributed by atoms with Gasteiger partial charge in [0.15, 0.2) is 11.2 Å². The summed E-state index contributed by atoms with van der Waals surface area (Å²) in [7, 11) is 0. The molecule has 0 aliphatic rings. The minimum Gasteiger partial charge on any atom is -0.454 e. The Morgan fingerprint density at radius 1 is 0.268 bits per heavy atom. The largest absolute Gasteiger partial charge is 0.454 e. The Bertz CT molecular complexity index is 4530. The van der Waals surface area contributed by atoms with Crippen LogP contribution in [0.2, 0.25) is 0 Å². The molecular formula is C78H72N2O2. The number of hydrogen-bond donors (Lipinski definition) is 0. The SMILES string of the molecule is CC(C)c1ccc2ccc(C(C)C)c(N(c3cc(C(C)C)c4ccc5c(N(c6c(C(C)C)ccc7ccc(C(C)C)cc67)c6cccc7c6oc6ccccc67)cc(C(C)C)c6ccc3c4c65)c3cccc4c3oc3ccccc34)c2c1. The van der Waals surface area contributed by atoms with Crippen molar-refractivity contribution < 1.29 is 8.83 Å². The standard InChI is InChI=1S/C78H72N2O2/c1-43(2)51-29-27-49-31-33-53(45(5)6)75(65(49)39-51)79(67-23-17-21-59-55-19-13-15-25-71(55)81-77(59)67)69-41-63(47(9)10)57-36-38-62-70(42-64(48(11)12)58-35-37-61(69)73(57)74(58)62)80(68-24-18-22-60-56-20-14-16-26-72(56)82-78(60)68)76-54(46(7)8)34-32-50-28-30-52(44(3)4)40-66(50)76/h13-48H,1-12H3. The zero-order valence-electron chi connectivity index (χ0n) is 49.5. The monoisotopic (exact) mass is 1070 g/mol. The summed E-state index contributed by atoms with van der Waals surface area (Å²) in [5.41, 5.74) is 18.1. The van der Waals surface area contributed by atoms with E-state index in [4.69, 9.17) is 8.83 Å². The number of fused-ring (bicyclic) bond motifs is 8. The summed E-state index contributed by atoms with van der Waals surface area (Å²) in [6, 6.07) is 69.0. The van der Waals surface area contributed by atoms with E-state index < -0.39 is 0 Å². The van der Waals surface area contributed by atoms with Crippen molar-refractivity contribution in [3.05, 3.63) is 215 Å². The van der Waals surface area contributed by atoms with E-state index in [1.165, 1.54) is 98.6 Å². The Morgan fingerprint density at radius 3 is 1.02 bits per heavy atom. The molecule has 14 rings (SSSR count). The van der Waals surface area contributed by atoms with Crippen LogP contribution in [-0.2, 0) is 0 Å². The highest BCUT2D eigenvalue weighted by Crippen LogP contribution is 2.56. The Hall–Kier alpha value is -8.60. The lowest BCUT2D eigenvalue weighted by Gasteiger charge is -2.34. The lowest BCUT2D eigenvalue weighted by Crippen LogP contribution is -2.16. The molecule has 0 unspecified atom stereocenters. The quantitative estimate of drug-likeness (QED) is 0.114. The summed E-state index contributed by atoms with van der Waals surface area (Å²) in [6.07, 6.45) is 0. The molecule has 0 saturated heterocycles. The first-order valence-corrected chi connectivity index (χ1v) is 30.0. The summed E-state index contributed by atoms with van der Waals surface area (Å²) in [4.78, 5) is 5.22. The van der Waals surface area contributed by atoms with Crippen molar-refractivity contribution in [3.8, 4) is 0 Å². The minimum absolute atomic E-state index is 0.197. The van der Waals surface area contributed by atoms with E-state index in [1.807, 2.05) is 0 Å². The van der Waals surface area contributed by atoms with Gasteiger partial charge in [-0.1, -0.05) is 217 Å². The second-order valence-corrected chi connectivity index (χ2v) is 25.1. The highest BCUT2D eigenvalue weighted by Gasteiger charge is 2.32. The second-order valence-electron chi connectivity index (χ2n) is 25.1. The molecule has 14 aromatic rings. The van der Waals surface area contributed by atoms with Gasteiger partial charge in [-0.15, -0.1) is 0 Å². The van der Waals surface area contributed by atoms with Gasteiger partial charge >= 0.3 is 0 Å². The van der Waals surface area contributed by atoms with Gasteiger partial charge in [0.1, 0.15) is 11.2 Å². The van der Waals surface area contributed by atoms with Crippen LogP contribution in [0.25, 0.3) is 97.7 Å². The minimum atomic E-state index is 0.197. The molecule has 2 aromatic heterocycles. The second kappa shape index (κ2) is 19.6. The fourth-order valence-electron chi connectivity index (χ4n) is 13.7. The van der Waals surface area contributed by atoms with Crippen LogP contribution in [0.4, 0.5) is 34.1 Å². The third-order valence-electron chi connectivity index (χ3n) is 18.0. The van der Waals surface area contributed by atoms with Gasteiger partial charge < -0.3 is 18.6 Å². The Labute approximate surface area is 481 Å². The molecule has 0 atom stereocenters. The summed E-state index contributed by atoms with van der Waals surface area (Å²) < 4.78 is 14.3. The zero-order valence-corrected chi connectivity index (χ0v) is 49.5. The van der Waals surface area contributed by atoms with Crippen LogP contribution >= 0.6 is 0 Å². The van der Waals surface area contributed by atoms with Crippen molar-refractivity contribution in [1.29, 1.82) is 0 Å². The van der Waals surface area contributed by atoms with Gasteiger partial charge in [-0.2, -0.15) is 0 Å². The first-order valence-electron chi connectivity index (χ1n) is 30.0. The molecule has 4 heteroatoms. The molecule has 0 aliphatic heterocycles. The lowest BCUT2D eigenvalue weighted by molar-refractivity contribution is 0.668. The Morgan fingerprint density at radius 2 is 0.634 bits per heavy atom. The Kier molecular flexibility index (Phi) is 12.3. The number of anilines is 6. The maximum Gasteiger partial charge on any atom is 0.159 e. The summed E-state index contributed by atoms with van der Waals surface area (Å²) in [6.45, 7) is 28.1.